The van der Waals surface area contributed by atoms with Crippen LogP contribution in [0, 0.1) is 0 Å². The molecule has 0 aromatic heterocycles. The van der Waals surface area contributed by atoms with Gasteiger partial charge in [-0.05, 0) is 36.0 Å². The fourth-order valence-corrected chi connectivity index (χ4v) is 1.90. The number of thiocarbonyl (C=S) groups is 1. The van der Waals surface area contributed by atoms with Crippen LogP contribution in [-0.4, -0.2) is 11.9 Å². The average molecular weight is 276 g/mol. The zero-order valence-corrected chi connectivity index (χ0v) is 11.0. The van der Waals surface area contributed by atoms with Crippen molar-refractivity contribution in [1.82, 2.24) is 0 Å². The summed E-state index contributed by atoms with van der Waals surface area (Å²) in [4.78, 5) is 3.68. The first-order valence-electron chi connectivity index (χ1n) is 5.32. The minimum absolute atomic E-state index is 0.157. The lowest BCUT2D eigenvalue weighted by Gasteiger charge is -2.07. The van der Waals surface area contributed by atoms with E-state index in [1.165, 1.54) is 0 Å². The summed E-state index contributed by atoms with van der Waals surface area (Å²) in [6.07, 6.45) is 0. The van der Waals surface area contributed by atoms with E-state index in [0.717, 1.165) is 11.1 Å². The molecule has 2 rings (SSSR count). The molecule has 18 heavy (non-hydrogen) atoms. The molecule has 0 saturated carbocycles. The molecule has 2 nitrogen and oxygen atoms in total. The molecule has 90 valence electrons. The summed E-state index contributed by atoms with van der Waals surface area (Å²) in [5.74, 6) is 0.661. The van der Waals surface area contributed by atoms with Gasteiger partial charge in [-0.2, -0.15) is 4.99 Å². The van der Waals surface area contributed by atoms with Crippen molar-refractivity contribution >= 4 is 29.0 Å². The average Bonchev–Trinajstić information content (AvgIpc) is 2.40. The predicted molar refractivity (Wildman–Crippen MR) is 77.4 cm³/mol. The van der Waals surface area contributed by atoms with Crippen LogP contribution in [0.3, 0.4) is 0 Å². The number of isothiocyanates is 1. The Bertz CT molecular complexity index is 580. The summed E-state index contributed by atoms with van der Waals surface area (Å²) < 4.78 is 5.34. The monoisotopic (exact) mass is 275 g/mol. The number of hydrogen-bond acceptors (Lipinski definition) is 3. The molecule has 2 aromatic rings. The number of nitrogens with zero attached hydrogens (tertiary/aromatic N) is 1. The van der Waals surface area contributed by atoms with Crippen molar-refractivity contribution in [2.24, 2.45) is 4.99 Å². The second-order valence-electron chi connectivity index (χ2n) is 3.53. The number of benzene rings is 2. The van der Waals surface area contributed by atoms with Gasteiger partial charge in [0.05, 0.1) is 10.2 Å². The molecular weight excluding hydrogens is 266 g/mol. The molecule has 0 N–H and O–H groups in total. The van der Waals surface area contributed by atoms with Crippen molar-refractivity contribution in [3.63, 3.8) is 0 Å². The summed E-state index contributed by atoms with van der Waals surface area (Å²) in [7, 11) is 0. The topological polar surface area (TPSA) is 21.6 Å². The number of rotatable bonds is 4. The molecule has 0 saturated heterocycles. The summed E-state index contributed by atoms with van der Waals surface area (Å²) in [6, 6.07) is 15.5. The van der Waals surface area contributed by atoms with E-state index < -0.39 is 0 Å². The minimum atomic E-state index is 0.157. The van der Waals surface area contributed by atoms with Crippen molar-refractivity contribution in [2.75, 3.05) is 6.73 Å². The third-order valence-corrected chi connectivity index (χ3v) is 2.83. The lowest BCUT2D eigenvalue weighted by molar-refractivity contribution is 0.332. The Balaban J connectivity index is 2.23. The highest BCUT2D eigenvalue weighted by atomic mass is 35.5. The van der Waals surface area contributed by atoms with Crippen LogP contribution >= 0.6 is 23.8 Å². The number of aliphatic imine (C=N–C) groups is 1. The third-order valence-electron chi connectivity index (χ3n) is 2.39. The number of hydrogen-bond donors (Lipinski definition) is 0. The molecule has 0 aliphatic carbocycles. The summed E-state index contributed by atoms with van der Waals surface area (Å²) in [5, 5.41) is 2.88. The SMILES string of the molecule is S=C=NCOc1ccc(-c2ccccc2)c(Cl)c1. The molecule has 0 amide bonds. The van der Waals surface area contributed by atoms with Gasteiger partial charge in [0.1, 0.15) is 5.75 Å². The summed E-state index contributed by atoms with van der Waals surface area (Å²) in [6.45, 7) is 0.157. The van der Waals surface area contributed by atoms with Gasteiger partial charge in [0, 0.05) is 5.56 Å². The van der Waals surface area contributed by atoms with Crippen LogP contribution in [0.2, 0.25) is 5.02 Å². The predicted octanol–water partition coefficient (Wildman–Crippen LogP) is 4.45. The molecule has 0 bridgehead atoms. The Morgan fingerprint density at radius 1 is 1.17 bits per heavy atom. The second kappa shape index (κ2) is 6.31. The maximum absolute atomic E-state index is 6.23. The molecule has 0 aliphatic rings. The van der Waals surface area contributed by atoms with Gasteiger partial charge in [-0.15, -0.1) is 0 Å². The summed E-state index contributed by atoms with van der Waals surface area (Å²) >= 11 is 10.7. The Hall–Kier alpha value is -1.67. The molecular formula is C14H10ClNOS. The first-order valence-corrected chi connectivity index (χ1v) is 6.11. The zero-order valence-electron chi connectivity index (χ0n) is 9.47. The molecule has 0 aliphatic heterocycles. The van der Waals surface area contributed by atoms with Crippen molar-refractivity contribution in [2.45, 2.75) is 0 Å². The summed E-state index contributed by atoms with van der Waals surface area (Å²) in [5.41, 5.74) is 2.05. The van der Waals surface area contributed by atoms with Crippen molar-refractivity contribution in [1.29, 1.82) is 0 Å². The Morgan fingerprint density at radius 3 is 2.61 bits per heavy atom. The van der Waals surface area contributed by atoms with Gasteiger partial charge in [-0.1, -0.05) is 41.9 Å². The fourth-order valence-electron chi connectivity index (χ4n) is 1.57. The van der Waals surface area contributed by atoms with Gasteiger partial charge < -0.3 is 4.74 Å². The van der Waals surface area contributed by atoms with Gasteiger partial charge in [0.2, 0.25) is 0 Å². The van der Waals surface area contributed by atoms with Crippen LogP contribution in [0.1, 0.15) is 0 Å². The molecule has 2 aromatic carbocycles. The highest BCUT2D eigenvalue weighted by molar-refractivity contribution is 7.78. The van der Waals surface area contributed by atoms with Crippen LogP contribution in [0.5, 0.6) is 5.75 Å². The number of halogens is 1. The molecule has 0 fully saturated rings. The first kappa shape index (κ1) is 12.8. The van der Waals surface area contributed by atoms with Gasteiger partial charge in [0.25, 0.3) is 0 Å². The normalized spacial score (nSPS) is 9.61. The molecule has 4 heteroatoms. The maximum atomic E-state index is 6.23. The van der Waals surface area contributed by atoms with Crippen molar-refractivity contribution in [3.8, 4) is 16.9 Å². The smallest absolute Gasteiger partial charge is 0.188 e. The van der Waals surface area contributed by atoms with E-state index in [-0.39, 0.29) is 6.73 Å². The lowest BCUT2D eigenvalue weighted by atomic mass is 10.1. The largest absolute Gasteiger partial charge is 0.471 e. The quantitative estimate of drug-likeness (QED) is 0.607. The van der Waals surface area contributed by atoms with E-state index in [9.17, 15) is 0 Å². The number of ether oxygens (including phenoxy) is 1. The zero-order chi connectivity index (χ0) is 12.8. The Labute approximate surface area is 116 Å². The van der Waals surface area contributed by atoms with Gasteiger partial charge in [-0.25, -0.2) is 0 Å². The second-order valence-corrected chi connectivity index (χ2v) is 4.12. The van der Waals surface area contributed by atoms with E-state index in [0.29, 0.717) is 10.8 Å². The van der Waals surface area contributed by atoms with Crippen LogP contribution < -0.4 is 4.74 Å². The lowest BCUT2D eigenvalue weighted by Crippen LogP contribution is -1.93. The van der Waals surface area contributed by atoms with Crippen molar-refractivity contribution < 1.29 is 4.74 Å². The van der Waals surface area contributed by atoms with E-state index in [1.54, 1.807) is 6.07 Å². The molecule has 0 radical (unpaired) electrons. The van der Waals surface area contributed by atoms with Gasteiger partial charge in [0.15, 0.2) is 6.73 Å². The van der Waals surface area contributed by atoms with Gasteiger partial charge >= 0.3 is 0 Å². The van der Waals surface area contributed by atoms with Gasteiger partial charge in [-0.3, -0.25) is 0 Å². The Kier molecular flexibility index (Phi) is 4.48. The third kappa shape index (κ3) is 3.17. The van der Waals surface area contributed by atoms with Crippen LogP contribution in [0.25, 0.3) is 11.1 Å². The van der Waals surface area contributed by atoms with E-state index in [4.69, 9.17) is 16.3 Å². The highest BCUT2D eigenvalue weighted by Crippen LogP contribution is 2.30. The van der Waals surface area contributed by atoms with E-state index >= 15 is 0 Å². The van der Waals surface area contributed by atoms with Crippen LogP contribution in [0.15, 0.2) is 53.5 Å². The maximum Gasteiger partial charge on any atom is 0.188 e. The molecule has 0 unspecified atom stereocenters. The molecule has 0 spiro atoms. The van der Waals surface area contributed by atoms with Crippen LogP contribution in [-0.2, 0) is 0 Å². The minimum Gasteiger partial charge on any atom is -0.471 e. The fraction of sp³-hybridized carbons (Fsp3) is 0.0714. The highest BCUT2D eigenvalue weighted by Gasteiger charge is 2.04. The first-order chi connectivity index (χ1) is 8.81. The van der Waals surface area contributed by atoms with Crippen LogP contribution in [0.4, 0.5) is 0 Å². The molecule has 0 atom stereocenters. The van der Waals surface area contributed by atoms with E-state index in [2.05, 4.69) is 22.4 Å². The molecule has 0 heterocycles. The Morgan fingerprint density at radius 2 is 1.94 bits per heavy atom. The van der Waals surface area contributed by atoms with E-state index in [1.807, 2.05) is 42.5 Å². The van der Waals surface area contributed by atoms with Crippen molar-refractivity contribution in [3.05, 3.63) is 53.6 Å². The standard InChI is InChI=1S/C14H10ClNOS/c15-14-8-12(17-9-16-10-18)6-7-13(14)11-4-2-1-3-5-11/h1-8H,9H2.